The molecular weight excluding hydrogens is 434 g/mol. The molecule has 1 fully saturated rings. The average Bonchev–Trinajstić information content (AvgIpc) is 3.27. The van der Waals surface area contributed by atoms with Crippen LogP contribution in [0.25, 0.3) is 0 Å². The summed E-state index contributed by atoms with van der Waals surface area (Å²) in [5, 5.41) is 29.4. The van der Waals surface area contributed by atoms with Gasteiger partial charge in [0.1, 0.15) is 18.1 Å². The van der Waals surface area contributed by atoms with Crippen molar-refractivity contribution < 1.29 is 29.4 Å². The molecule has 3 amide bonds. The number of aliphatic hydroxyl groups is 1. The van der Waals surface area contributed by atoms with Gasteiger partial charge in [0.15, 0.2) is 5.96 Å². The Hall–Kier alpha value is -2.93. The van der Waals surface area contributed by atoms with E-state index in [2.05, 4.69) is 26.3 Å². The fourth-order valence-corrected chi connectivity index (χ4v) is 3.38. The summed E-state index contributed by atoms with van der Waals surface area (Å²) in [5.41, 5.74) is 10.6. The fraction of sp³-hybridized carbons (Fsp3) is 0.750. The van der Waals surface area contributed by atoms with Crippen molar-refractivity contribution in [3.63, 3.8) is 0 Å². The second kappa shape index (κ2) is 14.3. The van der Waals surface area contributed by atoms with Gasteiger partial charge < -0.3 is 42.9 Å². The molecule has 13 heteroatoms. The van der Waals surface area contributed by atoms with Crippen LogP contribution < -0.4 is 32.7 Å². The van der Waals surface area contributed by atoms with Gasteiger partial charge in [-0.25, -0.2) is 4.79 Å². The number of carbonyl (C=O) groups excluding carboxylic acids is 3. The van der Waals surface area contributed by atoms with Gasteiger partial charge in [-0.05, 0) is 44.6 Å². The van der Waals surface area contributed by atoms with Crippen LogP contribution in [-0.2, 0) is 19.2 Å². The van der Waals surface area contributed by atoms with Crippen LogP contribution in [0.2, 0.25) is 0 Å². The SMILES string of the molecule is CC(C)CC(NC(=O)C(CO)NC(=O)C(CCCN=C(N)N)NC(=O)C1CCCN1)C(=O)O. The molecule has 0 saturated carbocycles. The minimum atomic E-state index is -1.38. The highest BCUT2D eigenvalue weighted by Gasteiger charge is 2.31. The van der Waals surface area contributed by atoms with Crippen molar-refractivity contribution in [2.75, 3.05) is 19.7 Å². The smallest absolute Gasteiger partial charge is 0.326 e. The van der Waals surface area contributed by atoms with E-state index in [1.54, 1.807) is 0 Å². The summed E-state index contributed by atoms with van der Waals surface area (Å²) < 4.78 is 0. The third kappa shape index (κ3) is 10.5. The number of aliphatic carboxylic acids is 1. The van der Waals surface area contributed by atoms with Gasteiger partial charge in [0, 0.05) is 6.54 Å². The van der Waals surface area contributed by atoms with Crippen LogP contribution in [0.1, 0.15) is 46.0 Å². The van der Waals surface area contributed by atoms with Crippen molar-refractivity contribution >= 4 is 29.7 Å². The lowest BCUT2D eigenvalue weighted by atomic mass is 10.0. The summed E-state index contributed by atoms with van der Waals surface area (Å²) in [6.07, 6.45) is 2.23. The number of aliphatic hydroxyl groups excluding tert-OH is 1. The largest absolute Gasteiger partial charge is 0.480 e. The predicted octanol–water partition coefficient (Wildman–Crippen LogP) is -2.63. The first-order valence-corrected chi connectivity index (χ1v) is 11.1. The number of nitrogens with zero attached hydrogens (tertiary/aromatic N) is 1. The summed E-state index contributed by atoms with van der Waals surface area (Å²) >= 11 is 0. The zero-order valence-corrected chi connectivity index (χ0v) is 19.2. The summed E-state index contributed by atoms with van der Waals surface area (Å²) in [6, 6.07) is -3.95. The topological polar surface area (TPSA) is 221 Å². The maximum absolute atomic E-state index is 12.9. The molecule has 0 radical (unpaired) electrons. The number of nitrogens with two attached hydrogens (primary N) is 2. The third-order valence-corrected chi connectivity index (χ3v) is 5.09. The van der Waals surface area contributed by atoms with Crippen molar-refractivity contribution in [3.8, 4) is 0 Å². The zero-order chi connectivity index (χ0) is 25.0. The molecule has 188 valence electrons. The van der Waals surface area contributed by atoms with Crippen molar-refractivity contribution in [3.05, 3.63) is 0 Å². The van der Waals surface area contributed by atoms with Crippen LogP contribution in [0.5, 0.6) is 0 Å². The van der Waals surface area contributed by atoms with E-state index < -0.39 is 48.6 Å². The Kier molecular flexibility index (Phi) is 12.1. The van der Waals surface area contributed by atoms with Crippen LogP contribution in [0.15, 0.2) is 4.99 Å². The summed E-state index contributed by atoms with van der Waals surface area (Å²) in [5.74, 6) is -3.17. The summed E-state index contributed by atoms with van der Waals surface area (Å²) in [6.45, 7) is 3.81. The van der Waals surface area contributed by atoms with Gasteiger partial charge in [0.05, 0.1) is 12.6 Å². The Morgan fingerprint density at radius 3 is 2.21 bits per heavy atom. The first kappa shape index (κ1) is 28.1. The van der Waals surface area contributed by atoms with E-state index in [0.29, 0.717) is 19.4 Å². The molecule has 13 nitrogen and oxygen atoms in total. The van der Waals surface area contributed by atoms with Gasteiger partial charge in [-0.1, -0.05) is 13.8 Å². The fourth-order valence-electron chi connectivity index (χ4n) is 3.38. The standard InChI is InChI=1S/C20H37N7O6/c1-11(2)9-14(19(32)33)26-18(31)15(10-28)27-17(30)13(6-4-8-24-20(21)22)25-16(29)12-5-3-7-23-12/h11-15,23,28H,3-10H2,1-2H3,(H,25,29)(H,26,31)(H,27,30)(H,32,33)(H4,21,22,24). The number of carboxylic acid groups (broad SMARTS) is 1. The van der Waals surface area contributed by atoms with Gasteiger partial charge in [0.25, 0.3) is 0 Å². The second-order valence-electron chi connectivity index (χ2n) is 8.43. The molecule has 1 aliphatic heterocycles. The molecule has 1 aliphatic rings. The minimum absolute atomic E-state index is 0.00238. The number of rotatable bonds is 14. The molecule has 10 N–H and O–H groups in total. The average molecular weight is 472 g/mol. The highest BCUT2D eigenvalue weighted by molar-refractivity contribution is 5.94. The lowest BCUT2D eigenvalue weighted by Gasteiger charge is -2.24. The molecule has 0 aromatic rings. The maximum atomic E-state index is 12.9. The molecule has 4 atom stereocenters. The van der Waals surface area contributed by atoms with E-state index in [9.17, 15) is 29.4 Å². The monoisotopic (exact) mass is 471 g/mol. The second-order valence-corrected chi connectivity index (χ2v) is 8.43. The number of amides is 3. The van der Waals surface area contributed by atoms with Gasteiger partial charge in [-0.2, -0.15) is 0 Å². The molecular formula is C20H37N7O6. The molecule has 33 heavy (non-hydrogen) atoms. The number of guanidine groups is 1. The lowest BCUT2D eigenvalue weighted by Crippen LogP contribution is -2.58. The van der Waals surface area contributed by atoms with Crippen LogP contribution >= 0.6 is 0 Å². The summed E-state index contributed by atoms with van der Waals surface area (Å²) in [7, 11) is 0. The molecule has 1 rings (SSSR count). The number of hydrogen-bond acceptors (Lipinski definition) is 7. The van der Waals surface area contributed by atoms with E-state index in [0.717, 1.165) is 6.42 Å². The van der Waals surface area contributed by atoms with Crippen molar-refractivity contribution in [2.45, 2.75) is 70.1 Å². The predicted molar refractivity (Wildman–Crippen MR) is 121 cm³/mol. The Labute approximate surface area is 193 Å². The molecule has 0 bridgehead atoms. The van der Waals surface area contributed by atoms with E-state index in [-0.39, 0.29) is 37.2 Å². The van der Waals surface area contributed by atoms with Crippen LogP contribution in [0, 0.1) is 5.92 Å². The van der Waals surface area contributed by atoms with Crippen molar-refractivity contribution in [1.82, 2.24) is 21.3 Å². The number of nitrogens with one attached hydrogen (secondary N) is 4. The highest BCUT2D eigenvalue weighted by Crippen LogP contribution is 2.08. The maximum Gasteiger partial charge on any atom is 0.326 e. The first-order valence-electron chi connectivity index (χ1n) is 11.1. The van der Waals surface area contributed by atoms with E-state index >= 15 is 0 Å². The number of hydrogen-bond donors (Lipinski definition) is 8. The Morgan fingerprint density at radius 2 is 1.70 bits per heavy atom. The molecule has 0 aromatic carbocycles. The molecule has 0 aromatic heterocycles. The number of carbonyl (C=O) groups is 4. The van der Waals surface area contributed by atoms with Crippen molar-refractivity contribution in [1.29, 1.82) is 0 Å². The Balaban J connectivity index is 2.82. The summed E-state index contributed by atoms with van der Waals surface area (Å²) in [4.78, 5) is 53.1. The normalized spacial score (nSPS) is 18.1. The number of aliphatic imine (C=N–C) groups is 1. The van der Waals surface area contributed by atoms with Crippen LogP contribution in [0.4, 0.5) is 0 Å². The Morgan fingerprint density at radius 1 is 1.06 bits per heavy atom. The molecule has 0 spiro atoms. The van der Waals surface area contributed by atoms with E-state index in [1.165, 1.54) is 0 Å². The van der Waals surface area contributed by atoms with Gasteiger partial charge in [-0.3, -0.25) is 19.4 Å². The first-order chi connectivity index (χ1) is 15.5. The number of carboxylic acids is 1. The van der Waals surface area contributed by atoms with E-state index in [4.69, 9.17) is 11.5 Å². The molecule has 0 aliphatic carbocycles. The highest BCUT2D eigenvalue weighted by atomic mass is 16.4. The van der Waals surface area contributed by atoms with Crippen LogP contribution in [0.3, 0.4) is 0 Å². The Bertz CT molecular complexity index is 705. The minimum Gasteiger partial charge on any atom is -0.480 e. The molecule has 1 saturated heterocycles. The van der Waals surface area contributed by atoms with Crippen molar-refractivity contribution in [2.24, 2.45) is 22.4 Å². The molecule has 4 unspecified atom stereocenters. The van der Waals surface area contributed by atoms with Gasteiger partial charge in [0.2, 0.25) is 17.7 Å². The van der Waals surface area contributed by atoms with Gasteiger partial charge >= 0.3 is 5.97 Å². The zero-order valence-electron chi connectivity index (χ0n) is 19.2. The van der Waals surface area contributed by atoms with E-state index in [1.807, 2.05) is 13.8 Å². The third-order valence-electron chi connectivity index (χ3n) is 5.09. The molecule has 1 heterocycles. The van der Waals surface area contributed by atoms with Gasteiger partial charge in [-0.15, -0.1) is 0 Å². The van der Waals surface area contributed by atoms with Crippen LogP contribution in [-0.4, -0.2) is 83.7 Å². The quantitative estimate of drug-likeness (QED) is 0.0752. The lowest BCUT2D eigenvalue weighted by molar-refractivity contribution is -0.143.